The van der Waals surface area contributed by atoms with Crippen LogP contribution in [0.1, 0.15) is 5.56 Å². The van der Waals surface area contributed by atoms with Crippen molar-refractivity contribution in [3.05, 3.63) is 29.6 Å². The molecule has 0 atom stereocenters. The van der Waals surface area contributed by atoms with Crippen LogP contribution in [0.5, 0.6) is 0 Å². The molecular weight excluding hydrogens is 166 g/mol. The van der Waals surface area contributed by atoms with Gasteiger partial charge in [0.25, 0.3) is 0 Å². The number of hydrogen-bond acceptors (Lipinski definition) is 1. The van der Waals surface area contributed by atoms with Gasteiger partial charge >= 0.3 is 0 Å². The number of halogens is 2. The first kappa shape index (κ1) is 8.53. The summed E-state index contributed by atoms with van der Waals surface area (Å²) >= 11 is 1.32. The Morgan fingerprint density at radius 3 is 2.64 bits per heavy atom. The lowest BCUT2D eigenvalue weighted by atomic mass is 10.2. The van der Waals surface area contributed by atoms with Crippen molar-refractivity contribution in [2.24, 2.45) is 0 Å². The minimum atomic E-state index is -0.606. The van der Waals surface area contributed by atoms with Gasteiger partial charge in [0, 0.05) is 4.90 Å². The number of rotatable bonds is 2. The Balaban J connectivity index is 2.99. The Bertz CT molecular complexity index is 248. The zero-order valence-corrected chi connectivity index (χ0v) is 6.92. The molecule has 0 radical (unpaired) electrons. The van der Waals surface area contributed by atoms with Crippen LogP contribution in [-0.2, 0) is 6.67 Å². The lowest BCUT2D eigenvalue weighted by Gasteiger charge is -1.99. The van der Waals surface area contributed by atoms with E-state index in [1.54, 1.807) is 18.4 Å². The highest BCUT2D eigenvalue weighted by Crippen LogP contribution is 2.20. The summed E-state index contributed by atoms with van der Waals surface area (Å²) in [6.45, 7) is -0.606. The monoisotopic (exact) mass is 174 g/mol. The zero-order chi connectivity index (χ0) is 8.27. The first-order chi connectivity index (χ1) is 5.27. The van der Waals surface area contributed by atoms with Crippen molar-refractivity contribution >= 4 is 11.8 Å². The molecule has 0 N–H and O–H groups in total. The topological polar surface area (TPSA) is 0 Å². The van der Waals surface area contributed by atoms with Crippen LogP contribution in [0.15, 0.2) is 23.1 Å². The first-order valence-corrected chi connectivity index (χ1v) is 4.38. The van der Waals surface area contributed by atoms with E-state index >= 15 is 0 Å². The normalized spacial score (nSPS) is 10.1. The molecular formula is C8H8F2S. The molecule has 1 aromatic carbocycles. The Morgan fingerprint density at radius 2 is 2.18 bits per heavy atom. The van der Waals surface area contributed by atoms with Crippen LogP contribution < -0.4 is 0 Å². The molecule has 0 bridgehead atoms. The Morgan fingerprint density at radius 1 is 1.45 bits per heavy atom. The van der Waals surface area contributed by atoms with Crippen molar-refractivity contribution in [3.8, 4) is 0 Å². The number of thioether (sulfide) groups is 1. The van der Waals surface area contributed by atoms with Gasteiger partial charge in [-0.2, -0.15) is 0 Å². The molecule has 1 rings (SSSR count). The number of benzene rings is 1. The van der Waals surface area contributed by atoms with Gasteiger partial charge in [0.05, 0.1) is 0 Å². The molecule has 11 heavy (non-hydrogen) atoms. The van der Waals surface area contributed by atoms with Crippen molar-refractivity contribution in [2.75, 3.05) is 6.26 Å². The summed E-state index contributed by atoms with van der Waals surface area (Å²) in [5.41, 5.74) is 0.389. The van der Waals surface area contributed by atoms with Gasteiger partial charge < -0.3 is 0 Å². The highest BCUT2D eigenvalue weighted by Gasteiger charge is 2.00. The Hall–Kier alpha value is -0.570. The second-order valence-electron chi connectivity index (χ2n) is 2.10. The Kier molecular flexibility index (Phi) is 2.88. The van der Waals surface area contributed by atoms with Gasteiger partial charge in [0.2, 0.25) is 0 Å². The van der Waals surface area contributed by atoms with Crippen LogP contribution in [0.3, 0.4) is 0 Å². The average molecular weight is 174 g/mol. The molecule has 0 fully saturated rings. The summed E-state index contributed by atoms with van der Waals surface area (Å²) in [7, 11) is 0. The molecule has 0 spiro atoms. The van der Waals surface area contributed by atoms with Crippen LogP contribution in [0, 0.1) is 5.82 Å². The number of alkyl halides is 1. The molecule has 0 aliphatic carbocycles. The molecule has 0 amide bonds. The maximum Gasteiger partial charge on any atom is 0.137 e. The van der Waals surface area contributed by atoms with E-state index in [1.165, 1.54) is 17.8 Å². The van der Waals surface area contributed by atoms with Crippen molar-refractivity contribution in [1.82, 2.24) is 0 Å². The average Bonchev–Trinajstić information content (AvgIpc) is 2.04. The fourth-order valence-corrected chi connectivity index (χ4v) is 1.25. The van der Waals surface area contributed by atoms with Crippen molar-refractivity contribution in [2.45, 2.75) is 11.6 Å². The second-order valence-corrected chi connectivity index (χ2v) is 2.95. The molecule has 0 nitrogen and oxygen atoms in total. The van der Waals surface area contributed by atoms with E-state index in [2.05, 4.69) is 0 Å². The molecule has 0 unspecified atom stereocenters. The van der Waals surface area contributed by atoms with Crippen molar-refractivity contribution in [3.63, 3.8) is 0 Å². The number of hydrogen-bond donors (Lipinski definition) is 0. The zero-order valence-electron chi connectivity index (χ0n) is 6.10. The molecule has 3 heteroatoms. The lowest BCUT2D eigenvalue weighted by Crippen LogP contribution is -1.84. The fourth-order valence-electron chi connectivity index (χ4n) is 0.793. The molecule has 0 saturated carbocycles. The second kappa shape index (κ2) is 3.72. The van der Waals surface area contributed by atoms with Gasteiger partial charge in [-0.25, -0.2) is 8.78 Å². The van der Waals surface area contributed by atoms with E-state index in [1.807, 2.05) is 0 Å². The highest BCUT2D eigenvalue weighted by atomic mass is 32.2. The molecule has 1 aromatic rings. The molecule has 0 saturated heterocycles. The minimum Gasteiger partial charge on any atom is -0.246 e. The first-order valence-electron chi connectivity index (χ1n) is 3.16. The summed E-state index contributed by atoms with van der Waals surface area (Å²) in [4.78, 5) is 0.558. The minimum absolute atomic E-state index is 0.340. The smallest absolute Gasteiger partial charge is 0.137 e. The summed E-state index contributed by atoms with van der Waals surface area (Å²) in [6.07, 6.45) is 1.79. The van der Waals surface area contributed by atoms with Crippen molar-refractivity contribution in [1.29, 1.82) is 0 Å². The maximum absolute atomic E-state index is 12.8. The van der Waals surface area contributed by atoms with E-state index in [-0.39, 0.29) is 5.82 Å². The molecule has 60 valence electrons. The quantitative estimate of drug-likeness (QED) is 0.621. The van der Waals surface area contributed by atoms with Gasteiger partial charge in [-0.1, -0.05) is 6.07 Å². The van der Waals surface area contributed by atoms with Gasteiger partial charge in [0.1, 0.15) is 12.5 Å². The Labute approximate surface area is 68.6 Å². The largest absolute Gasteiger partial charge is 0.246 e. The third-order valence-corrected chi connectivity index (χ3v) is 2.14. The third kappa shape index (κ3) is 1.93. The summed E-state index contributed by atoms with van der Waals surface area (Å²) in [6, 6.07) is 4.41. The molecule has 0 heterocycles. The SMILES string of the molecule is CSc1ccc(CF)cc1F. The van der Waals surface area contributed by atoms with E-state index in [0.29, 0.717) is 10.5 Å². The van der Waals surface area contributed by atoms with Crippen molar-refractivity contribution < 1.29 is 8.78 Å². The molecule has 0 aliphatic heterocycles. The molecule has 0 aliphatic rings. The van der Waals surface area contributed by atoms with E-state index < -0.39 is 6.67 Å². The van der Waals surface area contributed by atoms with Crippen LogP contribution in [0.25, 0.3) is 0 Å². The summed E-state index contributed by atoms with van der Waals surface area (Å²) in [5, 5.41) is 0. The summed E-state index contributed by atoms with van der Waals surface area (Å²) in [5.74, 6) is -0.340. The van der Waals surface area contributed by atoms with Crippen LogP contribution in [0.2, 0.25) is 0 Å². The maximum atomic E-state index is 12.8. The van der Waals surface area contributed by atoms with Crippen LogP contribution in [-0.4, -0.2) is 6.26 Å². The summed E-state index contributed by atoms with van der Waals surface area (Å²) < 4.78 is 24.8. The third-order valence-electron chi connectivity index (χ3n) is 1.37. The standard InChI is InChI=1S/C8H8F2S/c1-11-8-3-2-6(5-9)4-7(8)10/h2-4H,5H2,1H3. The van der Waals surface area contributed by atoms with Gasteiger partial charge in [-0.3, -0.25) is 0 Å². The predicted octanol–water partition coefficient (Wildman–Crippen LogP) is 3.02. The van der Waals surface area contributed by atoms with E-state index in [4.69, 9.17) is 0 Å². The van der Waals surface area contributed by atoms with Crippen LogP contribution in [0.4, 0.5) is 8.78 Å². The fraction of sp³-hybridized carbons (Fsp3) is 0.250. The van der Waals surface area contributed by atoms with Gasteiger partial charge in [-0.05, 0) is 24.0 Å². The van der Waals surface area contributed by atoms with Crippen LogP contribution >= 0.6 is 11.8 Å². The van der Waals surface area contributed by atoms with E-state index in [9.17, 15) is 8.78 Å². The van der Waals surface area contributed by atoms with Gasteiger partial charge in [-0.15, -0.1) is 11.8 Å². The molecule has 0 aromatic heterocycles. The highest BCUT2D eigenvalue weighted by molar-refractivity contribution is 7.98. The van der Waals surface area contributed by atoms with E-state index in [0.717, 1.165) is 0 Å². The van der Waals surface area contributed by atoms with Gasteiger partial charge in [0.15, 0.2) is 0 Å². The lowest BCUT2D eigenvalue weighted by molar-refractivity contribution is 0.481. The predicted molar refractivity (Wildman–Crippen MR) is 43.0 cm³/mol.